The third kappa shape index (κ3) is 5.87. The average molecular weight is 380 g/mol. The number of carbonyl (C=O) groups excluding carboxylic acids is 1. The van der Waals surface area contributed by atoms with Crippen LogP contribution in [0.1, 0.15) is 20.8 Å². The number of anilines is 1. The molecule has 1 unspecified atom stereocenters. The normalized spacial score (nSPS) is 11.7. The number of halogens is 1. The zero-order valence-electron chi connectivity index (χ0n) is 14.5. The van der Waals surface area contributed by atoms with Gasteiger partial charge < -0.3 is 14.8 Å². The molecule has 2 aromatic rings. The highest BCUT2D eigenvalue weighted by atomic mass is 35.5. The van der Waals surface area contributed by atoms with E-state index in [0.717, 1.165) is 4.90 Å². The molecule has 0 aromatic heterocycles. The molecule has 6 heteroatoms. The number of carbonyl (C=O) groups is 1. The summed E-state index contributed by atoms with van der Waals surface area (Å²) in [4.78, 5) is 13.5. The van der Waals surface area contributed by atoms with Gasteiger partial charge in [0.1, 0.15) is 11.5 Å². The number of ether oxygens (including phenoxy) is 2. The maximum Gasteiger partial charge on any atom is 0.237 e. The Hall–Kier alpha value is -1.85. The molecular weight excluding hydrogens is 358 g/mol. The van der Waals surface area contributed by atoms with Crippen molar-refractivity contribution in [1.82, 2.24) is 0 Å². The van der Waals surface area contributed by atoms with E-state index < -0.39 is 0 Å². The summed E-state index contributed by atoms with van der Waals surface area (Å²) in [5.74, 6) is 1.22. The number of benzene rings is 2. The van der Waals surface area contributed by atoms with Crippen LogP contribution in [0.5, 0.6) is 11.5 Å². The van der Waals surface area contributed by atoms with Crippen molar-refractivity contribution < 1.29 is 14.3 Å². The van der Waals surface area contributed by atoms with Gasteiger partial charge in [-0.15, -0.1) is 11.8 Å². The lowest BCUT2D eigenvalue weighted by atomic mass is 10.2. The first-order valence-corrected chi connectivity index (χ1v) is 9.42. The van der Waals surface area contributed by atoms with Gasteiger partial charge in [-0.1, -0.05) is 11.6 Å². The summed E-state index contributed by atoms with van der Waals surface area (Å²) in [7, 11) is 0. The van der Waals surface area contributed by atoms with Gasteiger partial charge in [0.2, 0.25) is 5.91 Å². The minimum atomic E-state index is -0.272. The largest absolute Gasteiger partial charge is 0.494 e. The molecule has 0 aliphatic heterocycles. The molecule has 134 valence electrons. The molecule has 0 radical (unpaired) electrons. The molecule has 0 heterocycles. The molecule has 1 atom stereocenters. The molecule has 1 N–H and O–H groups in total. The van der Waals surface area contributed by atoms with Gasteiger partial charge in [-0.2, -0.15) is 0 Å². The molecule has 2 aromatic carbocycles. The van der Waals surface area contributed by atoms with Crippen molar-refractivity contribution in [2.45, 2.75) is 30.9 Å². The third-order valence-electron chi connectivity index (χ3n) is 3.32. The van der Waals surface area contributed by atoms with Crippen LogP contribution in [0.3, 0.4) is 0 Å². The molecular formula is C19H22ClNO3S. The predicted molar refractivity (Wildman–Crippen MR) is 104 cm³/mol. The molecule has 0 saturated heterocycles. The highest BCUT2D eigenvalue weighted by Gasteiger charge is 2.17. The molecule has 25 heavy (non-hydrogen) atoms. The van der Waals surface area contributed by atoms with Crippen LogP contribution in [-0.2, 0) is 4.79 Å². The fraction of sp³-hybridized carbons (Fsp3) is 0.316. The van der Waals surface area contributed by atoms with Gasteiger partial charge in [0.15, 0.2) is 0 Å². The van der Waals surface area contributed by atoms with Gasteiger partial charge in [0.25, 0.3) is 0 Å². The number of amides is 1. The average Bonchev–Trinajstić information content (AvgIpc) is 2.59. The highest BCUT2D eigenvalue weighted by molar-refractivity contribution is 8.00. The van der Waals surface area contributed by atoms with Crippen LogP contribution >= 0.6 is 23.4 Å². The van der Waals surface area contributed by atoms with E-state index in [-0.39, 0.29) is 11.2 Å². The number of hydrogen-bond donors (Lipinski definition) is 1. The van der Waals surface area contributed by atoms with Crippen molar-refractivity contribution in [2.24, 2.45) is 0 Å². The molecule has 0 bridgehead atoms. The van der Waals surface area contributed by atoms with Crippen LogP contribution in [0, 0.1) is 0 Å². The van der Waals surface area contributed by atoms with Gasteiger partial charge in [-0.25, -0.2) is 0 Å². The zero-order chi connectivity index (χ0) is 18.2. The molecule has 0 aliphatic carbocycles. The lowest BCUT2D eigenvalue weighted by Crippen LogP contribution is -2.22. The Morgan fingerprint density at radius 2 is 1.80 bits per heavy atom. The van der Waals surface area contributed by atoms with Crippen LogP contribution in [0.15, 0.2) is 47.4 Å². The van der Waals surface area contributed by atoms with E-state index >= 15 is 0 Å². The summed E-state index contributed by atoms with van der Waals surface area (Å²) in [6, 6.07) is 12.8. The van der Waals surface area contributed by atoms with Crippen molar-refractivity contribution in [1.29, 1.82) is 0 Å². The SMILES string of the molecule is CCOc1ccc(OCC)c(NC(=O)C(C)Sc2ccc(Cl)cc2)c1. The maximum absolute atomic E-state index is 12.6. The molecule has 1 amide bonds. The van der Waals surface area contributed by atoms with Gasteiger partial charge in [-0.3, -0.25) is 4.79 Å². The summed E-state index contributed by atoms with van der Waals surface area (Å²) in [5.41, 5.74) is 0.612. The Bertz CT molecular complexity index is 706. The second kappa shape index (κ2) is 9.59. The van der Waals surface area contributed by atoms with Crippen molar-refractivity contribution in [3.05, 3.63) is 47.5 Å². The smallest absolute Gasteiger partial charge is 0.237 e. The minimum absolute atomic E-state index is 0.102. The lowest BCUT2D eigenvalue weighted by Gasteiger charge is -2.16. The number of nitrogens with one attached hydrogen (secondary N) is 1. The quantitative estimate of drug-likeness (QED) is 0.636. The van der Waals surface area contributed by atoms with E-state index in [4.69, 9.17) is 21.1 Å². The summed E-state index contributed by atoms with van der Waals surface area (Å²) in [6.07, 6.45) is 0. The Morgan fingerprint density at radius 3 is 2.44 bits per heavy atom. The van der Waals surface area contributed by atoms with Gasteiger partial charge in [-0.05, 0) is 57.2 Å². The van der Waals surface area contributed by atoms with Crippen molar-refractivity contribution >= 4 is 35.0 Å². The Labute approximate surface area is 157 Å². The van der Waals surface area contributed by atoms with E-state index in [0.29, 0.717) is 35.4 Å². The van der Waals surface area contributed by atoms with Crippen molar-refractivity contribution in [2.75, 3.05) is 18.5 Å². The Balaban J connectivity index is 2.09. The second-order valence-electron chi connectivity index (χ2n) is 5.23. The predicted octanol–water partition coefficient (Wildman–Crippen LogP) is 5.26. The van der Waals surface area contributed by atoms with E-state index in [1.807, 2.05) is 51.1 Å². The van der Waals surface area contributed by atoms with Crippen LogP contribution in [0.25, 0.3) is 0 Å². The lowest BCUT2D eigenvalue weighted by molar-refractivity contribution is -0.115. The van der Waals surface area contributed by atoms with E-state index in [1.54, 1.807) is 12.1 Å². The summed E-state index contributed by atoms with van der Waals surface area (Å²) < 4.78 is 11.1. The van der Waals surface area contributed by atoms with E-state index in [2.05, 4.69) is 5.32 Å². The number of rotatable bonds is 8. The third-order valence-corrected chi connectivity index (χ3v) is 4.68. The van der Waals surface area contributed by atoms with E-state index in [9.17, 15) is 4.79 Å². The highest BCUT2D eigenvalue weighted by Crippen LogP contribution is 2.31. The standard InChI is InChI=1S/C19H22ClNO3S/c1-4-23-15-8-11-18(24-5-2)17(12-15)21-19(22)13(3)25-16-9-6-14(20)7-10-16/h6-13H,4-5H2,1-3H3,(H,21,22). The monoisotopic (exact) mass is 379 g/mol. The fourth-order valence-electron chi connectivity index (χ4n) is 2.15. The van der Waals surface area contributed by atoms with Gasteiger partial charge in [0, 0.05) is 16.0 Å². The second-order valence-corrected chi connectivity index (χ2v) is 7.08. The molecule has 0 fully saturated rings. The summed E-state index contributed by atoms with van der Waals surface area (Å²) in [5, 5.41) is 3.34. The first-order chi connectivity index (χ1) is 12.0. The van der Waals surface area contributed by atoms with Crippen LogP contribution in [0.2, 0.25) is 5.02 Å². The first kappa shape index (κ1) is 19.5. The topological polar surface area (TPSA) is 47.6 Å². The number of hydrogen-bond acceptors (Lipinski definition) is 4. The molecule has 2 rings (SSSR count). The van der Waals surface area contributed by atoms with Gasteiger partial charge >= 0.3 is 0 Å². The first-order valence-electron chi connectivity index (χ1n) is 8.16. The maximum atomic E-state index is 12.6. The molecule has 0 spiro atoms. The number of thioether (sulfide) groups is 1. The fourth-order valence-corrected chi connectivity index (χ4v) is 3.14. The molecule has 4 nitrogen and oxygen atoms in total. The zero-order valence-corrected chi connectivity index (χ0v) is 16.1. The Kier molecular flexibility index (Phi) is 7.47. The van der Waals surface area contributed by atoms with Gasteiger partial charge in [0.05, 0.1) is 24.2 Å². The minimum Gasteiger partial charge on any atom is -0.494 e. The molecule has 0 saturated carbocycles. The Morgan fingerprint density at radius 1 is 1.12 bits per heavy atom. The van der Waals surface area contributed by atoms with Crippen molar-refractivity contribution in [3.63, 3.8) is 0 Å². The van der Waals surface area contributed by atoms with Crippen LogP contribution < -0.4 is 14.8 Å². The van der Waals surface area contributed by atoms with E-state index in [1.165, 1.54) is 11.8 Å². The van der Waals surface area contributed by atoms with Crippen LogP contribution in [0.4, 0.5) is 5.69 Å². The van der Waals surface area contributed by atoms with Crippen LogP contribution in [-0.4, -0.2) is 24.4 Å². The van der Waals surface area contributed by atoms with Crippen molar-refractivity contribution in [3.8, 4) is 11.5 Å². The molecule has 0 aliphatic rings. The summed E-state index contributed by atoms with van der Waals surface area (Å²) >= 11 is 7.36. The summed E-state index contributed by atoms with van der Waals surface area (Å²) in [6.45, 7) is 6.76.